The van der Waals surface area contributed by atoms with Gasteiger partial charge in [0, 0.05) is 18.6 Å². The number of nitrogens with zero attached hydrogens (tertiary/aromatic N) is 1. The van der Waals surface area contributed by atoms with E-state index in [2.05, 4.69) is 47.4 Å². The van der Waals surface area contributed by atoms with Crippen molar-refractivity contribution in [2.24, 2.45) is 0 Å². The lowest BCUT2D eigenvalue weighted by Crippen LogP contribution is -2.49. The zero-order valence-electron chi connectivity index (χ0n) is 15.1. The van der Waals surface area contributed by atoms with E-state index in [1.54, 1.807) is 7.11 Å². The Morgan fingerprint density at radius 3 is 2.40 bits per heavy atom. The fraction of sp³-hybridized carbons (Fsp3) is 0.455. The van der Waals surface area contributed by atoms with E-state index in [1.165, 1.54) is 18.4 Å². The normalized spacial score (nSPS) is 28.9. The van der Waals surface area contributed by atoms with Crippen LogP contribution in [0.4, 0.5) is 0 Å². The molecule has 2 aromatic carbocycles. The lowest BCUT2D eigenvalue weighted by atomic mass is 9.80. The van der Waals surface area contributed by atoms with E-state index in [0.717, 1.165) is 36.3 Å². The summed E-state index contributed by atoms with van der Waals surface area (Å²) >= 11 is 0. The second kappa shape index (κ2) is 6.47. The van der Waals surface area contributed by atoms with Gasteiger partial charge in [-0.1, -0.05) is 42.5 Å². The number of aryl methyl sites for hydroxylation is 1. The number of hydrogen-bond donors (Lipinski definition) is 1. The highest BCUT2D eigenvalue weighted by molar-refractivity contribution is 5.39. The van der Waals surface area contributed by atoms with Gasteiger partial charge in [-0.2, -0.15) is 0 Å². The molecule has 0 amide bonds. The zero-order valence-corrected chi connectivity index (χ0v) is 15.1. The average molecular weight is 337 g/mol. The fourth-order valence-corrected chi connectivity index (χ4v) is 4.71. The molecule has 0 aliphatic carbocycles. The fourth-order valence-electron chi connectivity index (χ4n) is 4.71. The first kappa shape index (κ1) is 16.6. The van der Waals surface area contributed by atoms with Crippen molar-refractivity contribution in [2.45, 2.75) is 56.8 Å². The van der Waals surface area contributed by atoms with Crippen molar-refractivity contribution in [3.8, 4) is 5.75 Å². The summed E-state index contributed by atoms with van der Waals surface area (Å²) in [6.07, 6.45) is 3.98. The van der Waals surface area contributed by atoms with E-state index in [9.17, 15) is 5.11 Å². The van der Waals surface area contributed by atoms with Crippen LogP contribution in [-0.2, 0) is 12.1 Å². The maximum absolute atomic E-state index is 11.4. The predicted octanol–water partition coefficient (Wildman–Crippen LogP) is 4.02. The minimum Gasteiger partial charge on any atom is -0.496 e. The van der Waals surface area contributed by atoms with Crippen LogP contribution in [-0.4, -0.2) is 29.2 Å². The third-order valence-corrected chi connectivity index (χ3v) is 6.07. The molecule has 132 valence electrons. The van der Waals surface area contributed by atoms with Gasteiger partial charge in [0.1, 0.15) is 5.75 Å². The number of rotatable bonds is 4. The van der Waals surface area contributed by atoms with Crippen LogP contribution >= 0.6 is 0 Å². The Morgan fingerprint density at radius 2 is 1.76 bits per heavy atom. The summed E-state index contributed by atoms with van der Waals surface area (Å²) in [4.78, 5) is 2.61. The maximum atomic E-state index is 11.4. The highest BCUT2D eigenvalue weighted by Gasteiger charge is 2.48. The number of benzene rings is 2. The molecule has 2 aliphatic heterocycles. The van der Waals surface area contributed by atoms with Crippen molar-refractivity contribution < 1.29 is 9.84 Å². The molecule has 1 N–H and O–H groups in total. The summed E-state index contributed by atoms with van der Waals surface area (Å²) in [5.74, 6) is 0.866. The molecule has 0 aromatic heterocycles. The summed E-state index contributed by atoms with van der Waals surface area (Å²) in [7, 11) is 1.70. The zero-order chi connectivity index (χ0) is 17.4. The number of aliphatic hydroxyl groups is 1. The maximum Gasteiger partial charge on any atom is 0.122 e. The number of piperidine rings is 1. The number of hydrogen-bond acceptors (Lipinski definition) is 3. The quantitative estimate of drug-likeness (QED) is 0.915. The van der Waals surface area contributed by atoms with E-state index in [0.29, 0.717) is 12.1 Å². The van der Waals surface area contributed by atoms with Gasteiger partial charge < -0.3 is 9.84 Å². The Balaban J connectivity index is 1.56. The average Bonchev–Trinajstić information content (AvgIpc) is 2.87. The van der Waals surface area contributed by atoms with Crippen molar-refractivity contribution in [3.05, 3.63) is 65.2 Å². The van der Waals surface area contributed by atoms with Crippen LogP contribution in [0.25, 0.3) is 0 Å². The van der Waals surface area contributed by atoms with E-state index in [-0.39, 0.29) is 0 Å². The molecule has 2 unspecified atom stereocenters. The van der Waals surface area contributed by atoms with Gasteiger partial charge in [-0.25, -0.2) is 0 Å². The van der Waals surface area contributed by atoms with E-state index >= 15 is 0 Å². The van der Waals surface area contributed by atoms with Crippen LogP contribution in [0.1, 0.15) is 42.4 Å². The van der Waals surface area contributed by atoms with Gasteiger partial charge in [-0.3, -0.25) is 4.90 Å². The minimum atomic E-state index is -0.736. The van der Waals surface area contributed by atoms with Gasteiger partial charge in [0.2, 0.25) is 0 Å². The van der Waals surface area contributed by atoms with Crippen molar-refractivity contribution in [3.63, 3.8) is 0 Å². The van der Waals surface area contributed by atoms with Gasteiger partial charge in [0.25, 0.3) is 0 Å². The highest BCUT2D eigenvalue weighted by atomic mass is 16.5. The van der Waals surface area contributed by atoms with Crippen molar-refractivity contribution >= 4 is 0 Å². The van der Waals surface area contributed by atoms with E-state index < -0.39 is 5.60 Å². The van der Waals surface area contributed by atoms with Gasteiger partial charge in [0.05, 0.1) is 12.7 Å². The van der Waals surface area contributed by atoms with Crippen LogP contribution in [0.3, 0.4) is 0 Å². The third-order valence-electron chi connectivity index (χ3n) is 6.07. The summed E-state index contributed by atoms with van der Waals surface area (Å²) < 4.78 is 5.47. The standard InChI is InChI=1S/C22H27NO2/c1-16-8-9-18(12-21(16)25-2)22(24)13-19-10-11-20(14-22)23(19)15-17-6-4-3-5-7-17/h3-9,12,19-20,24H,10-11,13-15H2,1-2H3. The monoisotopic (exact) mass is 337 g/mol. The number of methoxy groups -OCH3 is 1. The van der Waals surface area contributed by atoms with Crippen molar-refractivity contribution in [2.75, 3.05) is 7.11 Å². The molecule has 2 saturated heterocycles. The van der Waals surface area contributed by atoms with E-state index in [1.807, 2.05) is 13.0 Å². The molecule has 2 aromatic rings. The topological polar surface area (TPSA) is 32.7 Å². The molecule has 2 atom stereocenters. The predicted molar refractivity (Wildman–Crippen MR) is 99.7 cm³/mol. The molecule has 4 rings (SSSR count). The van der Waals surface area contributed by atoms with Crippen LogP contribution in [0, 0.1) is 6.92 Å². The molecule has 2 aliphatic rings. The largest absolute Gasteiger partial charge is 0.496 e. The minimum absolute atomic E-state index is 0.455. The third kappa shape index (κ3) is 3.07. The molecule has 2 bridgehead atoms. The first-order valence-corrected chi connectivity index (χ1v) is 9.26. The molecule has 3 heteroatoms. The molecule has 2 heterocycles. The molecule has 0 saturated carbocycles. The summed E-state index contributed by atoms with van der Waals surface area (Å²) in [6, 6.07) is 17.8. The van der Waals surface area contributed by atoms with Gasteiger partial charge >= 0.3 is 0 Å². The van der Waals surface area contributed by atoms with E-state index in [4.69, 9.17) is 4.74 Å². The lowest BCUT2D eigenvalue weighted by Gasteiger charge is -2.44. The Labute approximate surface area is 150 Å². The highest BCUT2D eigenvalue weighted by Crippen LogP contribution is 2.46. The summed E-state index contributed by atoms with van der Waals surface area (Å²) in [5, 5.41) is 11.4. The van der Waals surface area contributed by atoms with Crippen molar-refractivity contribution in [1.29, 1.82) is 0 Å². The molecule has 25 heavy (non-hydrogen) atoms. The summed E-state index contributed by atoms with van der Waals surface area (Å²) in [6.45, 7) is 3.03. The molecule has 3 nitrogen and oxygen atoms in total. The Morgan fingerprint density at radius 1 is 1.08 bits per heavy atom. The van der Waals surface area contributed by atoms with Gasteiger partial charge in [0.15, 0.2) is 0 Å². The molecular formula is C22H27NO2. The second-order valence-corrected chi connectivity index (χ2v) is 7.67. The molecule has 0 spiro atoms. The first-order chi connectivity index (χ1) is 12.1. The van der Waals surface area contributed by atoms with Crippen LogP contribution in [0.2, 0.25) is 0 Å². The SMILES string of the molecule is COc1cc(C2(O)CC3CCC(C2)N3Cc2ccccc2)ccc1C. The van der Waals surface area contributed by atoms with Crippen molar-refractivity contribution in [1.82, 2.24) is 4.90 Å². The lowest BCUT2D eigenvalue weighted by molar-refractivity contribution is -0.0596. The molecule has 0 radical (unpaired) electrons. The number of ether oxygens (including phenoxy) is 1. The molecule has 2 fully saturated rings. The smallest absolute Gasteiger partial charge is 0.122 e. The van der Waals surface area contributed by atoms with Gasteiger partial charge in [-0.05, 0) is 55.4 Å². The first-order valence-electron chi connectivity index (χ1n) is 9.26. The summed E-state index contributed by atoms with van der Waals surface area (Å²) in [5.41, 5.74) is 2.74. The Bertz CT molecular complexity index is 729. The molecular weight excluding hydrogens is 310 g/mol. The van der Waals surface area contributed by atoms with Crippen LogP contribution in [0.15, 0.2) is 48.5 Å². The second-order valence-electron chi connectivity index (χ2n) is 7.67. The Kier molecular flexibility index (Phi) is 4.30. The van der Waals surface area contributed by atoms with Gasteiger partial charge in [-0.15, -0.1) is 0 Å². The van der Waals surface area contributed by atoms with Crippen LogP contribution < -0.4 is 4.74 Å². The number of fused-ring (bicyclic) bond motifs is 2. The Hall–Kier alpha value is -1.84. The van der Waals surface area contributed by atoms with Crippen LogP contribution in [0.5, 0.6) is 5.75 Å².